The molecule has 130 valence electrons. The standard InChI is InChI=1S/C17H22ClN3O2S/c1-12-16(9-19-15-7-8-24(22,23)11-15)13(2)21(20-12)10-14-5-3-4-6-17(14)18/h3-6,15,19H,7-11H2,1-2H3/t15-/m1/s1. The zero-order valence-corrected chi connectivity index (χ0v) is 15.5. The molecule has 1 N–H and O–H groups in total. The minimum Gasteiger partial charge on any atom is -0.309 e. The van der Waals surface area contributed by atoms with Crippen LogP contribution in [0, 0.1) is 13.8 Å². The zero-order valence-electron chi connectivity index (χ0n) is 13.9. The summed E-state index contributed by atoms with van der Waals surface area (Å²) in [7, 11) is -2.86. The van der Waals surface area contributed by atoms with Crippen molar-refractivity contribution in [3.05, 3.63) is 51.8 Å². The van der Waals surface area contributed by atoms with Crippen LogP contribution in [-0.4, -0.2) is 35.7 Å². The van der Waals surface area contributed by atoms with E-state index in [2.05, 4.69) is 10.4 Å². The van der Waals surface area contributed by atoms with Gasteiger partial charge in [0.2, 0.25) is 0 Å². The molecule has 7 heteroatoms. The monoisotopic (exact) mass is 367 g/mol. The molecule has 1 aromatic carbocycles. The van der Waals surface area contributed by atoms with Crippen molar-refractivity contribution in [3.8, 4) is 0 Å². The number of aryl methyl sites for hydroxylation is 1. The lowest BCUT2D eigenvalue weighted by Gasteiger charge is -2.11. The number of halogens is 1. The highest BCUT2D eigenvalue weighted by Gasteiger charge is 2.27. The first kappa shape index (κ1) is 17.5. The van der Waals surface area contributed by atoms with Crippen LogP contribution in [0.25, 0.3) is 0 Å². The van der Waals surface area contributed by atoms with Crippen LogP contribution < -0.4 is 5.32 Å². The Hall–Kier alpha value is -1.37. The molecule has 1 atom stereocenters. The second-order valence-corrected chi connectivity index (χ2v) is 9.02. The van der Waals surface area contributed by atoms with Crippen molar-refractivity contribution in [3.63, 3.8) is 0 Å². The predicted molar refractivity (Wildman–Crippen MR) is 96.2 cm³/mol. The molecule has 24 heavy (non-hydrogen) atoms. The molecule has 0 saturated carbocycles. The lowest BCUT2D eigenvalue weighted by Crippen LogP contribution is -2.29. The van der Waals surface area contributed by atoms with Gasteiger partial charge in [-0.25, -0.2) is 8.42 Å². The third-order valence-corrected chi connectivity index (χ3v) is 6.75. The molecule has 1 fully saturated rings. The van der Waals surface area contributed by atoms with Gasteiger partial charge in [0.15, 0.2) is 9.84 Å². The normalized spacial score (nSPS) is 19.7. The first-order valence-corrected chi connectivity index (χ1v) is 10.3. The second kappa shape index (κ2) is 6.86. The van der Waals surface area contributed by atoms with Crippen molar-refractivity contribution in [2.75, 3.05) is 11.5 Å². The summed E-state index contributed by atoms with van der Waals surface area (Å²) in [5.41, 5.74) is 4.21. The molecule has 0 amide bonds. The molecule has 5 nitrogen and oxygen atoms in total. The number of hydrogen-bond acceptors (Lipinski definition) is 4. The average molecular weight is 368 g/mol. The average Bonchev–Trinajstić information content (AvgIpc) is 3.00. The Morgan fingerprint density at radius 3 is 2.75 bits per heavy atom. The van der Waals surface area contributed by atoms with Crippen molar-refractivity contribution in [1.29, 1.82) is 0 Å². The highest BCUT2D eigenvalue weighted by Crippen LogP contribution is 2.20. The Labute approximate surface area is 147 Å². The molecule has 3 rings (SSSR count). The van der Waals surface area contributed by atoms with Gasteiger partial charge in [-0.3, -0.25) is 4.68 Å². The maximum absolute atomic E-state index is 11.6. The molecule has 1 aromatic heterocycles. The van der Waals surface area contributed by atoms with Crippen LogP contribution in [0.15, 0.2) is 24.3 Å². The molecule has 2 heterocycles. The van der Waals surface area contributed by atoms with Crippen LogP contribution in [0.1, 0.15) is 28.9 Å². The maximum Gasteiger partial charge on any atom is 0.151 e. The largest absolute Gasteiger partial charge is 0.309 e. The Kier molecular flexibility index (Phi) is 4.99. The van der Waals surface area contributed by atoms with E-state index in [4.69, 9.17) is 11.6 Å². The summed E-state index contributed by atoms with van der Waals surface area (Å²) < 4.78 is 25.1. The Balaban J connectivity index is 1.71. The van der Waals surface area contributed by atoms with Gasteiger partial charge in [0.05, 0.1) is 23.7 Å². The highest BCUT2D eigenvalue weighted by atomic mass is 35.5. The van der Waals surface area contributed by atoms with Crippen LogP contribution in [0.3, 0.4) is 0 Å². The molecule has 1 saturated heterocycles. The zero-order chi connectivity index (χ0) is 17.3. The fourth-order valence-electron chi connectivity index (χ4n) is 3.13. The molecule has 0 spiro atoms. The van der Waals surface area contributed by atoms with Crippen molar-refractivity contribution < 1.29 is 8.42 Å². The topological polar surface area (TPSA) is 64.0 Å². The highest BCUT2D eigenvalue weighted by molar-refractivity contribution is 7.91. The van der Waals surface area contributed by atoms with Crippen LogP contribution in [0.5, 0.6) is 0 Å². The van der Waals surface area contributed by atoms with Gasteiger partial charge >= 0.3 is 0 Å². The SMILES string of the molecule is Cc1nn(Cc2ccccc2Cl)c(C)c1CN[C@@H]1CCS(=O)(=O)C1. The molecule has 1 aliphatic rings. The first-order valence-electron chi connectivity index (χ1n) is 8.06. The van der Waals surface area contributed by atoms with E-state index in [-0.39, 0.29) is 17.5 Å². The van der Waals surface area contributed by atoms with E-state index in [1.165, 1.54) is 0 Å². The number of rotatable bonds is 5. The van der Waals surface area contributed by atoms with E-state index in [0.29, 0.717) is 19.5 Å². The Bertz CT molecular complexity index is 846. The summed E-state index contributed by atoms with van der Waals surface area (Å²) in [6.07, 6.45) is 0.689. The lowest BCUT2D eigenvalue weighted by molar-refractivity contribution is 0.551. The molecule has 0 unspecified atom stereocenters. The molecule has 1 aliphatic heterocycles. The molecular formula is C17H22ClN3O2S. The van der Waals surface area contributed by atoms with E-state index < -0.39 is 9.84 Å². The summed E-state index contributed by atoms with van der Waals surface area (Å²) in [6, 6.07) is 7.81. The van der Waals surface area contributed by atoms with Crippen LogP contribution in [0.4, 0.5) is 0 Å². The minimum absolute atomic E-state index is 0.0423. The molecular weight excluding hydrogens is 346 g/mol. The van der Waals surface area contributed by atoms with Crippen molar-refractivity contribution >= 4 is 21.4 Å². The first-order chi connectivity index (χ1) is 11.4. The van der Waals surface area contributed by atoms with Crippen LogP contribution in [-0.2, 0) is 22.9 Å². The Morgan fingerprint density at radius 1 is 1.33 bits per heavy atom. The van der Waals surface area contributed by atoms with Crippen molar-refractivity contribution in [2.45, 2.75) is 39.4 Å². The third-order valence-electron chi connectivity index (χ3n) is 4.61. The third kappa shape index (κ3) is 3.82. The van der Waals surface area contributed by atoms with Crippen LogP contribution >= 0.6 is 11.6 Å². The van der Waals surface area contributed by atoms with Gasteiger partial charge in [0, 0.05) is 28.9 Å². The van der Waals surface area contributed by atoms with E-state index in [1.807, 2.05) is 42.8 Å². The fourth-order valence-corrected chi connectivity index (χ4v) is 5.04. The van der Waals surface area contributed by atoms with Crippen LogP contribution in [0.2, 0.25) is 5.02 Å². The lowest BCUT2D eigenvalue weighted by atomic mass is 10.1. The maximum atomic E-state index is 11.6. The van der Waals surface area contributed by atoms with E-state index in [9.17, 15) is 8.42 Å². The van der Waals surface area contributed by atoms with Gasteiger partial charge < -0.3 is 5.32 Å². The predicted octanol–water partition coefficient (Wildman–Crippen LogP) is 2.48. The molecule has 2 aromatic rings. The smallest absolute Gasteiger partial charge is 0.151 e. The number of sulfone groups is 1. The Morgan fingerprint density at radius 2 is 2.08 bits per heavy atom. The van der Waals surface area contributed by atoms with E-state index in [1.54, 1.807) is 0 Å². The fraction of sp³-hybridized carbons (Fsp3) is 0.471. The summed E-state index contributed by atoms with van der Waals surface area (Å²) >= 11 is 6.24. The van der Waals surface area contributed by atoms with Gasteiger partial charge in [0.1, 0.15) is 0 Å². The summed E-state index contributed by atoms with van der Waals surface area (Å²) in [5.74, 6) is 0.521. The number of nitrogens with one attached hydrogen (secondary N) is 1. The number of aromatic nitrogens is 2. The second-order valence-electron chi connectivity index (χ2n) is 6.38. The number of benzene rings is 1. The van der Waals surface area contributed by atoms with Crippen molar-refractivity contribution in [2.24, 2.45) is 0 Å². The van der Waals surface area contributed by atoms with E-state index >= 15 is 0 Å². The molecule has 0 aliphatic carbocycles. The summed E-state index contributed by atoms with van der Waals surface area (Å²) in [6.45, 7) is 5.29. The minimum atomic E-state index is -2.86. The number of nitrogens with zero attached hydrogens (tertiary/aromatic N) is 2. The number of hydrogen-bond donors (Lipinski definition) is 1. The molecule has 0 bridgehead atoms. The molecule has 0 radical (unpaired) electrons. The van der Waals surface area contributed by atoms with Gasteiger partial charge in [0.25, 0.3) is 0 Å². The summed E-state index contributed by atoms with van der Waals surface area (Å²) in [4.78, 5) is 0. The van der Waals surface area contributed by atoms with Gasteiger partial charge in [-0.1, -0.05) is 29.8 Å². The van der Waals surface area contributed by atoms with Gasteiger partial charge in [-0.2, -0.15) is 5.10 Å². The van der Waals surface area contributed by atoms with E-state index in [0.717, 1.165) is 27.5 Å². The van der Waals surface area contributed by atoms with Gasteiger partial charge in [-0.15, -0.1) is 0 Å². The van der Waals surface area contributed by atoms with Gasteiger partial charge in [-0.05, 0) is 31.9 Å². The summed E-state index contributed by atoms with van der Waals surface area (Å²) in [5, 5.41) is 8.72. The van der Waals surface area contributed by atoms with Crippen molar-refractivity contribution in [1.82, 2.24) is 15.1 Å². The quantitative estimate of drug-likeness (QED) is 0.881.